The van der Waals surface area contributed by atoms with Gasteiger partial charge in [0.25, 0.3) is 0 Å². The van der Waals surface area contributed by atoms with Crippen LogP contribution in [0.3, 0.4) is 0 Å². The van der Waals surface area contributed by atoms with Crippen LogP contribution in [0.15, 0.2) is 77.4 Å². The van der Waals surface area contributed by atoms with E-state index in [0.717, 1.165) is 31.9 Å². The van der Waals surface area contributed by atoms with Crippen LogP contribution in [0.5, 0.6) is 0 Å². The summed E-state index contributed by atoms with van der Waals surface area (Å²) in [6.45, 7) is 0.182. The maximum Gasteiger partial charge on any atom is 0.224 e. The number of benzene rings is 2. The van der Waals surface area contributed by atoms with Crippen LogP contribution >= 0.6 is 11.3 Å². The maximum absolute atomic E-state index is 12.4. The smallest absolute Gasteiger partial charge is 0.224 e. The van der Waals surface area contributed by atoms with E-state index in [0.29, 0.717) is 0 Å². The number of nitrogens with one attached hydrogen (secondary N) is 1. The zero-order valence-corrected chi connectivity index (χ0v) is 15.4. The lowest BCUT2D eigenvalue weighted by molar-refractivity contribution is -0.120. The second-order valence-electron chi connectivity index (χ2n) is 6.31. The van der Waals surface area contributed by atoms with E-state index < -0.39 is 6.10 Å². The molecule has 0 bridgehead atoms. The van der Waals surface area contributed by atoms with Gasteiger partial charge in [0.2, 0.25) is 5.91 Å². The monoisotopic (exact) mass is 377 g/mol. The van der Waals surface area contributed by atoms with Crippen molar-refractivity contribution in [3.8, 4) is 10.6 Å². The van der Waals surface area contributed by atoms with E-state index in [4.69, 9.17) is 4.42 Å². The SMILES string of the molecule is O=C(Cc1cccc2ccccc12)NCC(O)c1ccc(-c2ccco2)s1. The second kappa shape index (κ2) is 7.78. The summed E-state index contributed by atoms with van der Waals surface area (Å²) in [5.41, 5.74) is 0.983. The highest BCUT2D eigenvalue weighted by Crippen LogP contribution is 2.31. The zero-order chi connectivity index (χ0) is 18.6. The highest BCUT2D eigenvalue weighted by molar-refractivity contribution is 7.15. The molecule has 0 aliphatic heterocycles. The van der Waals surface area contributed by atoms with E-state index >= 15 is 0 Å². The Morgan fingerprint density at radius 2 is 1.89 bits per heavy atom. The summed E-state index contributed by atoms with van der Waals surface area (Å²) in [4.78, 5) is 14.1. The molecule has 27 heavy (non-hydrogen) atoms. The lowest BCUT2D eigenvalue weighted by Crippen LogP contribution is -2.29. The Bertz CT molecular complexity index is 1050. The predicted molar refractivity (Wildman–Crippen MR) is 108 cm³/mol. The molecule has 4 aromatic rings. The summed E-state index contributed by atoms with van der Waals surface area (Å²) in [5, 5.41) is 15.4. The summed E-state index contributed by atoms with van der Waals surface area (Å²) < 4.78 is 5.37. The number of fused-ring (bicyclic) bond motifs is 1. The fraction of sp³-hybridized carbons (Fsp3) is 0.136. The lowest BCUT2D eigenvalue weighted by atomic mass is 10.0. The van der Waals surface area contributed by atoms with Crippen molar-refractivity contribution in [2.75, 3.05) is 6.54 Å². The fourth-order valence-electron chi connectivity index (χ4n) is 3.08. The number of carbonyl (C=O) groups excluding carboxylic acids is 1. The molecule has 2 aromatic heterocycles. The van der Waals surface area contributed by atoms with Crippen LogP contribution in [-0.2, 0) is 11.2 Å². The Labute approximate surface area is 161 Å². The molecule has 0 spiro atoms. The second-order valence-corrected chi connectivity index (χ2v) is 7.43. The molecule has 136 valence electrons. The van der Waals surface area contributed by atoms with Crippen LogP contribution in [0.4, 0.5) is 0 Å². The van der Waals surface area contributed by atoms with Gasteiger partial charge in [0.1, 0.15) is 11.9 Å². The first kappa shape index (κ1) is 17.5. The molecule has 4 rings (SSSR count). The summed E-state index contributed by atoms with van der Waals surface area (Å²) >= 11 is 1.46. The maximum atomic E-state index is 12.4. The molecule has 1 unspecified atom stereocenters. The third-order valence-corrected chi connectivity index (χ3v) is 5.64. The summed E-state index contributed by atoms with van der Waals surface area (Å²) in [6, 6.07) is 21.5. The third kappa shape index (κ3) is 3.94. The Hall–Kier alpha value is -2.89. The number of aliphatic hydroxyl groups is 1. The zero-order valence-electron chi connectivity index (χ0n) is 14.6. The van der Waals surface area contributed by atoms with Crippen LogP contribution in [0, 0.1) is 0 Å². The number of carbonyl (C=O) groups is 1. The normalized spacial score (nSPS) is 12.2. The van der Waals surface area contributed by atoms with Gasteiger partial charge in [-0.25, -0.2) is 0 Å². The van der Waals surface area contributed by atoms with Crippen LogP contribution < -0.4 is 5.32 Å². The van der Waals surface area contributed by atoms with Gasteiger partial charge in [-0.1, -0.05) is 42.5 Å². The Kier molecular flexibility index (Phi) is 5.05. The van der Waals surface area contributed by atoms with Crippen molar-refractivity contribution in [2.45, 2.75) is 12.5 Å². The van der Waals surface area contributed by atoms with Crippen LogP contribution in [0.1, 0.15) is 16.5 Å². The first-order valence-corrected chi connectivity index (χ1v) is 9.57. The highest BCUT2D eigenvalue weighted by atomic mass is 32.1. The van der Waals surface area contributed by atoms with Gasteiger partial charge in [-0.15, -0.1) is 11.3 Å². The molecule has 2 heterocycles. The minimum Gasteiger partial charge on any atom is -0.464 e. The Morgan fingerprint density at radius 1 is 1.04 bits per heavy atom. The van der Waals surface area contributed by atoms with Gasteiger partial charge >= 0.3 is 0 Å². The van der Waals surface area contributed by atoms with E-state index in [1.54, 1.807) is 6.26 Å². The minimum absolute atomic E-state index is 0.104. The average Bonchev–Trinajstić information content (AvgIpc) is 3.38. The molecule has 0 aliphatic carbocycles. The number of thiophene rings is 1. The fourth-order valence-corrected chi connectivity index (χ4v) is 4.04. The van der Waals surface area contributed by atoms with Crippen LogP contribution in [0.25, 0.3) is 21.4 Å². The Balaban J connectivity index is 1.37. The van der Waals surface area contributed by atoms with Crippen LogP contribution in [-0.4, -0.2) is 17.6 Å². The van der Waals surface area contributed by atoms with Gasteiger partial charge in [-0.2, -0.15) is 0 Å². The molecular weight excluding hydrogens is 358 g/mol. The topological polar surface area (TPSA) is 62.5 Å². The first-order valence-electron chi connectivity index (χ1n) is 8.76. The molecule has 0 aliphatic rings. The molecule has 4 nitrogen and oxygen atoms in total. The number of amides is 1. The van der Waals surface area contributed by atoms with Gasteiger partial charge in [-0.05, 0) is 40.6 Å². The van der Waals surface area contributed by atoms with E-state index in [1.165, 1.54) is 11.3 Å². The highest BCUT2D eigenvalue weighted by Gasteiger charge is 2.14. The van der Waals surface area contributed by atoms with Crippen LogP contribution in [0.2, 0.25) is 0 Å². The molecule has 0 saturated carbocycles. The number of aliphatic hydroxyl groups excluding tert-OH is 1. The molecule has 0 radical (unpaired) electrons. The van der Waals surface area contributed by atoms with Gasteiger partial charge in [0, 0.05) is 11.4 Å². The molecule has 0 fully saturated rings. The molecule has 2 N–H and O–H groups in total. The number of hydrogen-bond donors (Lipinski definition) is 2. The van der Waals surface area contributed by atoms with E-state index in [1.807, 2.05) is 66.7 Å². The molecule has 5 heteroatoms. The largest absolute Gasteiger partial charge is 0.464 e. The summed E-state index contributed by atoms with van der Waals surface area (Å²) in [5.74, 6) is 0.673. The molecule has 2 aromatic carbocycles. The Morgan fingerprint density at radius 3 is 2.74 bits per heavy atom. The predicted octanol–water partition coefficient (Wildman–Crippen LogP) is 4.55. The number of hydrogen-bond acceptors (Lipinski definition) is 4. The quantitative estimate of drug-likeness (QED) is 0.518. The summed E-state index contributed by atoms with van der Waals surface area (Å²) in [6.07, 6.45) is 1.17. The van der Waals surface area contributed by atoms with Crippen molar-refractivity contribution in [2.24, 2.45) is 0 Å². The third-order valence-electron chi connectivity index (χ3n) is 4.44. The van der Waals surface area contributed by atoms with Gasteiger partial charge in [0.15, 0.2) is 0 Å². The molecule has 1 atom stereocenters. The molecule has 1 amide bonds. The van der Waals surface area contributed by atoms with Crippen molar-refractivity contribution < 1.29 is 14.3 Å². The van der Waals surface area contributed by atoms with Gasteiger partial charge in [-0.3, -0.25) is 4.79 Å². The van der Waals surface area contributed by atoms with Crippen molar-refractivity contribution in [3.05, 3.63) is 83.4 Å². The number of furan rings is 1. The van der Waals surface area contributed by atoms with Crippen molar-refractivity contribution in [3.63, 3.8) is 0 Å². The standard InChI is InChI=1S/C22H19NO3S/c24-18(20-10-11-21(27-20)19-9-4-12-26-19)14-23-22(25)13-16-7-3-6-15-5-1-2-8-17(15)16/h1-12,18,24H,13-14H2,(H,23,25). The van der Waals surface area contributed by atoms with Crippen molar-refractivity contribution >= 4 is 28.0 Å². The summed E-state index contributed by atoms with van der Waals surface area (Å²) in [7, 11) is 0. The van der Waals surface area contributed by atoms with E-state index in [-0.39, 0.29) is 18.9 Å². The van der Waals surface area contributed by atoms with E-state index in [9.17, 15) is 9.90 Å². The number of rotatable bonds is 6. The van der Waals surface area contributed by atoms with Crippen molar-refractivity contribution in [1.82, 2.24) is 5.32 Å². The van der Waals surface area contributed by atoms with Crippen molar-refractivity contribution in [1.29, 1.82) is 0 Å². The molecular formula is C22H19NO3S. The van der Waals surface area contributed by atoms with E-state index in [2.05, 4.69) is 5.32 Å². The average molecular weight is 377 g/mol. The first-order chi connectivity index (χ1) is 13.2. The molecule has 0 saturated heterocycles. The van der Waals surface area contributed by atoms with Gasteiger partial charge in [0.05, 0.1) is 17.6 Å². The van der Waals surface area contributed by atoms with Gasteiger partial charge < -0.3 is 14.8 Å². The lowest BCUT2D eigenvalue weighted by Gasteiger charge is -2.11. The minimum atomic E-state index is -0.741.